The van der Waals surface area contributed by atoms with E-state index in [9.17, 15) is 9.59 Å². The number of H-pyrrole nitrogens is 1. The molecule has 1 aliphatic rings. The molecule has 176 valence electrons. The molecular weight excluding hydrogens is 446 g/mol. The van der Waals surface area contributed by atoms with Crippen molar-refractivity contribution in [3.63, 3.8) is 0 Å². The molecule has 35 heavy (non-hydrogen) atoms. The fourth-order valence-corrected chi connectivity index (χ4v) is 4.24. The number of aromatic amines is 1. The number of benzene rings is 1. The minimum absolute atomic E-state index is 0.217. The Bertz CT molecular complexity index is 1390. The zero-order chi connectivity index (χ0) is 24.4. The molecule has 3 aromatic heterocycles. The number of ether oxygens (including phenoxy) is 1. The third kappa shape index (κ3) is 4.10. The number of ketones is 1. The van der Waals surface area contributed by atoms with Crippen LogP contribution in [0.2, 0.25) is 0 Å². The number of aromatic nitrogens is 4. The first-order chi connectivity index (χ1) is 17.1. The van der Waals surface area contributed by atoms with Crippen LogP contribution >= 0.6 is 0 Å². The van der Waals surface area contributed by atoms with Gasteiger partial charge in [0.2, 0.25) is 0 Å². The van der Waals surface area contributed by atoms with Crippen molar-refractivity contribution in [3.05, 3.63) is 72.4 Å². The van der Waals surface area contributed by atoms with E-state index in [0.717, 1.165) is 5.56 Å². The van der Waals surface area contributed by atoms with Crippen molar-refractivity contribution >= 4 is 28.4 Å². The van der Waals surface area contributed by atoms with Crippen molar-refractivity contribution in [1.82, 2.24) is 29.7 Å². The van der Waals surface area contributed by atoms with Gasteiger partial charge < -0.3 is 19.5 Å². The van der Waals surface area contributed by atoms with Crippen LogP contribution in [0.15, 0.2) is 61.3 Å². The highest BCUT2D eigenvalue weighted by Gasteiger charge is 2.30. The number of hydrogen-bond acceptors (Lipinski definition) is 7. The molecule has 1 aliphatic heterocycles. The molecule has 1 aromatic carbocycles. The number of amides is 1. The number of carbonyl (C=O) groups excluding carboxylic acids is 2. The molecule has 10 heteroatoms. The summed E-state index contributed by atoms with van der Waals surface area (Å²) in [6.07, 6.45) is 7.72. The second-order valence-electron chi connectivity index (χ2n) is 8.04. The number of rotatable bonds is 5. The third-order valence-corrected chi connectivity index (χ3v) is 6.07. The lowest BCUT2D eigenvalue weighted by atomic mass is 10.1. The Morgan fingerprint density at radius 2 is 1.74 bits per heavy atom. The second-order valence-corrected chi connectivity index (χ2v) is 8.04. The lowest BCUT2D eigenvalue weighted by Crippen LogP contribution is -2.52. The molecule has 2 N–H and O–H groups in total. The number of nitrogens with one attached hydrogen (secondary N) is 2. The molecule has 4 heterocycles. The quantitative estimate of drug-likeness (QED) is 0.199. The van der Waals surface area contributed by atoms with Crippen molar-refractivity contribution in [3.8, 4) is 17.1 Å². The van der Waals surface area contributed by atoms with Gasteiger partial charge in [0.05, 0.1) is 36.0 Å². The highest BCUT2D eigenvalue weighted by Crippen LogP contribution is 2.34. The van der Waals surface area contributed by atoms with Gasteiger partial charge in [-0.2, -0.15) is 0 Å². The SMILES string of the molecule is COc1cnc(-c2cnccn2)c2[nH]cc(C(=O)C(=O)N3CCN(C(=N)c4ccccc4)CC3)c12. The van der Waals surface area contributed by atoms with E-state index in [0.29, 0.717) is 60.1 Å². The number of methoxy groups -OCH3 is 1. The van der Waals surface area contributed by atoms with Crippen molar-refractivity contribution in [2.75, 3.05) is 33.3 Å². The van der Waals surface area contributed by atoms with Gasteiger partial charge in [-0.1, -0.05) is 30.3 Å². The predicted molar refractivity (Wildman–Crippen MR) is 129 cm³/mol. The summed E-state index contributed by atoms with van der Waals surface area (Å²) < 4.78 is 5.45. The first-order valence-electron chi connectivity index (χ1n) is 11.1. The molecule has 0 saturated carbocycles. The smallest absolute Gasteiger partial charge is 0.295 e. The lowest BCUT2D eigenvalue weighted by molar-refractivity contribution is -0.127. The lowest BCUT2D eigenvalue weighted by Gasteiger charge is -2.35. The van der Waals surface area contributed by atoms with Gasteiger partial charge in [-0.3, -0.25) is 25.0 Å². The van der Waals surface area contributed by atoms with Crippen LogP contribution in [-0.2, 0) is 4.79 Å². The standard InChI is InChI=1S/C25H23N7O3/c1-35-19-15-30-21(18-14-27-7-8-28-18)22-20(19)17(13-29-22)23(33)25(34)32-11-9-31(10-12-32)24(26)16-5-3-2-4-6-16/h2-8,13-15,26,29H,9-12H2,1H3. The van der Waals surface area contributed by atoms with Gasteiger partial charge >= 0.3 is 0 Å². The van der Waals surface area contributed by atoms with E-state index in [1.165, 1.54) is 24.4 Å². The molecule has 4 aromatic rings. The third-order valence-electron chi connectivity index (χ3n) is 6.07. The highest BCUT2D eigenvalue weighted by molar-refractivity contribution is 6.45. The van der Waals surface area contributed by atoms with Gasteiger partial charge in [-0.25, -0.2) is 4.98 Å². The van der Waals surface area contributed by atoms with Gasteiger partial charge in [0.15, 0.2) is 0 Å². The Kier molecular flexibility index (Phi) is 5.92. The minimum atomic E-state index is -0.627. The highest BCUT2D eigenvalue weighted by atomic mass is 16.5. The summed E-state index contributed by atoms with van der Waals surface area (Å²) in [6.45, 7) is 1.66. The number of piperazine rings is 1. The van der Waals surface area contributed by atoms with E-state index in [2.05, 4.69) is 19.9 Å². The van der Waals surface area contributed by atoms with E-state index in [4.69, 9.17) is 10.1 Å². The molecule has 5 rings (SSSR count). The zero-order valence-electron chi connectivity index (χ0n) is 19.1. The van der Waals surface area contributed by atoms with E-state index >= 15 is 0 Å². The number of fused-ring (bicyclic) bond motifs is 1. The van der Waals surface area contributed by atoms with Crippen LogP contribution in [0.1, 0.15) is 15.9 Å². The molecule has 1 amide bonds. The Morgan fingerprint density at radius 3 is 2.43 bits per heavy atom. The zero-order valence-corrected chi connectivity index (χ0v) is 19.1. The van der Waals surface area contributed by atoms with Crippen molar-refractivity contribution in [1.29, 1.82) is 5.41 Å². The van der Waals surface area contributed by atoms with Crippen LogP contribution in [0.25, 0.3) is 22.3 Å². The Morgan fingerprint density at radius 1 is 1.00 bits per heavy atom. The first-order valence-corrected chi connectivity index (χ1v) is 11.1. The maximum Gasteiger partial charge on any atom is 0.295 e. The monoisotopic (exact) mass is 469 g/mol. The van der Waals surface area contributed by atoms with E-state index < -0.39 is 11.7 Å². The number of pyridine rings is 1. The summed E-state index contributed by atoms with van der Waals surface area (Å²) in [7, 11) is 1.49. The maximum absolute atomic E-state index is 13.3. The van der Waals surface area contributed by atoms with Gasteiger partial charge in [0.1, 0.15) is 23.0 Å². The Labute approximate surface area is 201 Å². The van der Waals surface area contributed by atoms with E-state index in [-0.39, 0.29) is 5.56 Å². The van der Waals surface area contributed by atoms with Crippen molar-refractivity contribution in [2.24, 2.45) is 0 Å². The van der Waals surface area contributed by atoms with Gasteiger partial charge in [-0.05, 0) is 0 Å². The Balaban J connectivity index is 1.37. The summed E-state index contributed by atoms with van der Waals surface area (Å²) in [5.41, 5.74) is 2.62. The largest absolute Gasteiger partial charge is 0.494 e. The van der Waals surface area contributed by atoms with Gasteiger partial charge in [0.25, 0.3) is 11.7 Å². The number of nitrogens with zero attached hydrogens (tertiary/aromatic N) is 5. The number of carbonyl (C=O) groups is 2. The van der Waals surface area contributed by atoms with Crippen LogP contribution in [0.5, 0.6) is 5.75 Å². The summed E-state index contributed by atoms with van der Waals surface area (Å²) in [5, 5.41) is 8.92. The average Bonchev–Trinajstić information content (AvgIpc) is 3.38. The molecular formula is C25H23N7O3. The first kappa shape index (κ1) is 22.2. The molecule has 0 aliphatic carbocycles. The normalized spacial score (nSPS) is 13.6. The molecule has 1 saturated heterocycles. The van der Waals surface area contributed by atoms with E-state index in [1.54, 1.807) is 18.6 Å². The van der Waals surface area contributed by atoms with Gasteiger partial charge in [-0.15, -0.1) is 0 Å². The summed E-state index contributed by atoms with van der Waals surface area (Å²) in [4.78, 5) is 45.8. The number of Topliss-reactive ketones (excluding diaryl/α,β-unsaturated/α-hetero) is 1. The molecule has 0 spiro atoms. The van der Waals surface area contributed by atoms with Crippen LogP contribution in [0.3, 0.4) is 0 Å². The molecule has 0 radical (unpaired) electrons. The van der Waals surface area contributed by atoms with Crippen LogP contribution < -0.4 is 4.74 Å². The summed E-state index contributed by atoms with van der Waals surface area (Å²) >= 11 is 0. The topological polar surface area (TPSA) is 128 Å². The second kappa shape index (κ2) is 9.34. The molecule has 0 atom stereocenters. The molecule has 0 unspecified atom stereocenters. The molecule has 0 bridgehead atoms. The average molecular weight is 470 g/mol. The summed E-state index contributed by atoms with van der Waals surface area (Å²) in [6, 6.07) is 9.47. The van der Waals surface area contributed by atoms with Gasteiger partial charge in [0, 0.05) is 50.3 Å². The van der Waals surface area contributed by atoms with Crippen LogP contribution in [0.4, 0.5) is 0 Å². The van der Waals surface area contributed by atoms with Crippen LogP contribution in [0, 0.1) is 5.41 Å². The van der Waals surface area contributed by atoms with Crippen molar-refractivity contribution in [2.45, 2.75) is 0 Å². The number of hydrogen-bond donors (Lipinski definition) is 2. The Hall–Kier alpha value is -4.60. The minimum Gasteiger partial charge on any atom is -0.494 e. The van der Waals surface area contributed by atoms with Crippen LogP contribution in [-0.4, -0.2) is 80.6 Å². The summed E-state index contributed by atoms with van der Waals surface area (Å²) in [5.74, 6) is -0.422. The van der Waals surface area contributed by atoms with Crippen molar-refractivity contribution < 1.29 is 14.3 Å². The number of amidine groups is 1. The predicted octanol–water partition coefficient (Wildman–Crippen LogP) is 2.38. The molecule has 10 nitrogen and oxygen atoms in total. The van der Waals surface area contributed by atoms with E-state index in [1.807, 2.05) is 35.2 Å². The maximum atomic E-state index is 13.3. The fourth-order valence-electron chi connectivity index (χ4n) is 4.24. The molecule has 1 fully saturated rings. The fraction of sp³-hybridized carbons (Fsp3) is 0.200.